The van der Waals surface area contributed by atoms with E-state index in [0.717, 1.165) is 33.7 Å². The van der Waals surface area contributed by atoms with Crippen LogP contribution in [0, 0.1) is 0 Å². The van der Waals surface area contributed by atoms with Gasteiger partial charge >= 0.3 is 5.97 Å². The van der Waals surface area contributed by atoms with Gasteiger partial charge in [0.05, 0.1) is 0 Å². The van der Waals surface area contributed by atoms with E-state index < -0.39 is 34.8 Å². The number of piperidine rings is 1. The lowest BCUT2D eigenvalue weighted by Gasteiger charge is -2.49. The van der Waals surface area contributed by atoms with E-state index in [-0.39, 0.29) is 33.9 Å². The highest BCUT2D eigenvalue weighted by molar-refractivity contribution is 8.00. The number of hydrogen-bond donors (Lipinski definition) is 3. The molecular weight excluding hydrogens is 761 g/mol. The first kappa shape index (κ1) is 37.4. The molecule has 3 aliphatic rings. The fourth-order valence-electron chi connectivity index (χ4n) is 7.36. The maximum Gasteiger partial charge on any atom is 0.352 e. The lowest BCUT2D eigenvalue weighted by molar-refractivity contribution is -0.150. The number of thioether (sulfide) groups is 1. The van der Waals surface area contributed by atoms with Crippen LogP contribution in [0.4, 0.5) is 10.8 Å². The van der Waals surface area contributed by atoms with Crippen LogP contribution in [0.2, 0.25) is 0 Å². The number of nitrogens with two attached hydrogens (primary N) is 1. The summed E-state index contributed by atoms with van der Waals surface area (Å²) in [4.78, 5) is 68.2. The number of aliphatic carboxylic acids is 1. The highest BCUT2D eigenvalue weighted by Crippen LogP contribution is 2.43. The maximum atomic E-state index is 14.3. The monoisotopic (exact) mass is 796 g/mol. The Balaban J connectivity index is 1.10. The van der Waals surface area contributed by atoms with Crippen molar-refractivity contribution in [2.75, 3.05) is 22.9 Å². The Morgan fingerprint density at radius 3 is 2.02 bits per heavy atom. The van der Waals surface area contributed by atoms with Crippen LogP contribution in [0.5, 0.6) is 0 Å². The van der Waals surface area contributed by atoms with E-state index >= 15 is 0 Å². The summed E-state index contributed by atoms with van der Waals surface area (Å²) in [6.45, 7) is 0.545. The second-order valence-corrected chi connectivity index (χ2v) is 15.5. The number of rotatable bonds is 11. The lowest BCUT2D eigenvalue weighted by atomic mass is 9.80. The second kappa shape index (κ2) is 15.9. The van der Waals surface area contributed by atoms with Gasteiger partial charge in [0, 0.05) is 45.6 Å². The van der Waals surface area contributed by atoms with Crippen LogP contribution in [0.15, 0.2) is 155 Å². The summed E-state index contributed by atoms with van der Waals surface area (Å²) in [5.41, 5.74) is 8.22. The first-order valence-corrected chi connectivity index (χ1v) is 20.1. The number of hydrogen-bond acceptors (Lipinski definition) is 10. The zero-order valence-corrected chi connectivity index (χ0v) is 32.0. The van der Waals surface area contributed by atoms with Crippen molar-refractivity contribution >= 4 is 63.3 Å². The van der Waals surface area contributed by atoms with E-state index in [9.17, 15) is 24.3 Å². The van der Waals surface area contributed by atoms with Gasteiger partial charge in [-0.15, -0.1) is 23.1 Å². The molecule has 1 aromatic heterocycles. The minimum absolute atomic E-state index is 0.139. The fraction of sp³-hybridized carbons (Fsp3) is 0.163. The zero-order valence-electron chi connectivity index (χ0n) is 30.4. The molecule has 57 heavy (non-hydrogen) atoms. The van der Waals surface area contributed by atoms with Gasteiger partial charge in [-0.05, 0) is 36.6 Å². The first-order chi connectivity index (χ1) is 27.8. The number of nitrogen functional groups attached to an aromatic ring is 1. The van der Waals surface area contributed by atoms with Crippen molar-refractivity contribution in [1.82, 2.24) is 15.2 Å². The van der Waals surface area contributed by atoms with Gasteiger partial charge in [0.25, 0.3) is 17.7 Å². The highest BCUT2D eigenvalue weighted by atomic mass is 32.2. The molecule has 3 aliphatic heterocycles. The average Bonchev–Trinajstić information content (AvgIpc) is 3.68. The molecule has 12 nitrogen and oxygen atoms in total. The van der Waals surface area contributed by atoms with Gasteiger partial charge in [-0.1, -0.05) is 114 Å². The number of β-lactam (4-membered cyclic amide) rings is 1. The van der Waals surface area contributed by atoms with E-state index in [2.05, 4.69) is 15.5 Å². The van der Waals surface area contributed by atoms with Crippen molar-refractivity contribution in [1.29, 1.82) is 0 Å². The van der Waals surface area contributed by atoms with Crippen LogP contribution < -0.4 is 16.0 Å². The first-order valence-electron chi connectivity index (χ1n) is 18.2. The average molecular weight is 797 g/mol. The topological polar surface area (TPSA) is 168 Å². The Morgan fingerprint density at radius 2 is 1.47 bits per heavy atom. The predicted molar refractivity (Wildman–Crippen MR) is 219 cm³/mol. The third kappa shape index (κ3) is 7.09. The standard InChI is InChI=1S/C43H36N6O6S2/c44-42-45-33(26-57-42)34(47-55-43(29-15-5-1-6-16-29,30-17-7-2-8-18-30)31-19-9-3-10-20-31)37(50)46-35-39(52)49-36(41(53)54)28(25-56-40(35)49)24-27-14-13-23-48(38(27)51)32-21-11-4-12-22-32/h1-12,15-22,24,26,35,40H,13-14,23,25H2,(H2,44,45)(H,46,50)(H,53,54)/t35-,40-/m1/s1. The van der Waals surface area contributed by atoms with E-state index in [0.29, 0.717) is 30.5 Å². The molecule has 286 valence electrons. The van der Waals surface area contributed by atoms with Crippen LogP contribution in [0.3, 0.4) is 0 Å². The number of oxime groups is 1. The number of amides is 3. The number of carbonyl (C=O) groups excluding carboxylic acids is 3. The number of carboxylic acid groups (broad SMARTS) is 1. The summed E-state index contributed by atoms with van der Waals surface area (Å²) >= 11 is 2.41. The number of allylic oxidation sites excluding steroid dienone is 1. The smallest absolute Gasteiger partial charge is 0.352 e. The van der Waals surface area contributed by atoms with Gasteiger partial charge < -0.3 is 25.9 Å². The van der Waals surface area contributed by atoms with E-state index in [1.807, 2.05) is 121 Å². The molecule has 4 aromatic carbocycles. The molecule has 14 heteroatoms. The molecule has 0 saturated carbocycles. The summed E-state index contributed by atoms with van der Waals surface area (Å²) in [6, 6.07) is 36.7. The third-order valence-corrected chi connectivity index (χ3v) is 12.0. The summed E-state index contributed by atoms with van der Waals surface area (Å²) in [5, 5.41) is 18.7. The molecule has 4 heterocycles. The molecular formula is C43H36N6O6S2. The normalized spacial score (nSPS) is 19.2. The largest absolute Gasteiger partial charge is 0.477 e. The minimum Gasteiger partial charge on any atom is -0.477 e. The Morgan fingerprint density at radius 1 is 0.895 bits per heavy atom. The molecule has 0 spiro atoms. The number of thiazole rings is 1. The number of para-hydroxylation sites is 1. The predicted octanol–water partition coefficient (Wildman–Crippen LogP) is 5.93. The Hall–Kier alpha value is -6.51. The Bertz CT molecular complexity index is 2320. The SMILES string of the molecule is Nc1nc(C(=NOC(c2ccccc2)(c2ccccc2)c2ccccc2)C(=O)N[C@@H]2C(=O)N3C(C(=O)O)=C(C=C4CCCN(c5ccccc5)C4=O)CS[C@H]23)cs1. The van der Waals surface area contributed by atoms with E-state index in [1.54, 1.807) is 16.4 Å². The molecule has 2 fully saturated rings. The molecule has 2 atom stereocenters. The molecule has 0 bridgehead atoms. The quantitative estimate of drug-likeness (QED) is 0.0483. The van der Waals surface area contributed by atoms with Crippen LogP contribution >= 0.6 is 23.1 Å². The van der Waals surface area contributed by atoms with E-state index in [1.165, 1.54) is 16.7 Å². The lowest BCUT2D eigenvalue weighted by Crippen LogP contribution is -2.71. The number of fused-ring (bicyclic) bond motifs is 1. The molecule has 4 N–H and O–H groups in total. The minimum atomic E-state index is -1.32. The number of nitrogens with zero attached hydrogens (tertiary/aromatic N) is 4. The van der Waals surface area contributed by atoms with Crippen molar-refractivity contribution in [2.24, 2.45) is 5.16 Å². The number of aromatic nitrogens is 1. The number of nitrogens with one attached hydrogen (secondary N) is 1. The van der Waals surface area contributed by atoms with Gasteiger partial charge in [-0.3, -0.25) is 19.3 Å². The highest BCUT2D eigenvalue weighted by Gasteiger charge is 2.54. The zero-order chi connectivity index (χ0) is 39.5. The van der Waals surface area contributed by atoms with Crippen molar-refractivity contribution in [3.63, 3.8) is 0 Å². The number of anilines is 2. The fourth-order valence-corrected chi connectivity index (χ4v) is 9.22. The molecule has 5 aromatic rings. The van der Waals surface area contributed by atoms with Crippen molar-refractivity contribution < 1.29 is 29.1 Å². The molecule has 8 rings (SSSR count). The van der Waals surface area contributed by atoms with Crippen molar-refractivity contribution in [3.8, 4) is 0 Å². The summed E-state index contributed by atoms with van der Waals surface area (Å²) in [6.07, 6.45) is 2.79. The second-order valence-electron chi connectivity index (χ2n) is 13.5. The van der Waals surface area contributed by atoms with Crippen LogP contribution in [0.25, 0.3) is 0 Å². The summed E-state index contributed by atoms with van der Waals surface area (Å²) in [5.74, 6) is -2.68. The van der Waals surface area contributed by atoms with Crippen molar-refractivity contribution in [3.05, 3.63) is 172 Å². The molecule has 0 unspecified atom stereocenters. The third-order valence-electron chi connectivity index (χ3n) is 10.0. The number of carboxylic acids is 1. The molecule has 0 radical (unpaired) electrons. The summed E-state index contributed by atoms with van der Waals surface area (Å²) in [7, 11) is 0. The van der Waals surface area contributed by atoms with Crippen LogP contribution in [0.1, 0.15) is 35.2 Å². The summed E-state index contributed by atoms with van der Waals surface area (Å²) < 4.78 is 0. The maximum absolute atomic E-state index is 14.3. The Kier molecular flexibility index (Phi) is 10.5. The molecule has 3 amide bonds. The van der Waals surface area contributed by atoms with Crippen LogP contribution in [-0.2, 0) is 29.6 Å². The number of carbonyl (C=O) groups is 4. The molecule has 0 aliphatic carbocycles. The number of benzene rings is 4. The van der Waals surface area contributed by atoms with Crippen molar-refractivity contribution in [2.45, 2.75) is 29.9 Å². The van der Waals surface area contributed by atoms with Gasteiger partial charge in [0.1, 0.15) is 22.8 Å². The van der Waals surface area contributed by atoms with Crippen LogP contribution in [-0.4, -0.2) is 68.1 Å². The van der Waals surface area contributed by atoms with Gasteiger partial charge in [0.2, 0.25) is 5.60 Å². The Labute approximate surface area is 336 Å². The van der Waals surface area contributed by atoms with E-state index in [4.69, 9.17) is 10.6 Å². The van der Waals surface area contributed by atoms with Gasteiger partial charge in [-0.2, -0.15) is 0 Å². The van der Waals surface area contributed by atoms with Gasteiger partial charge in [-0.25, -0.2) is 9.78 Å². The molecule has 2 saturated heterocycles. The van der Waals surface area contributed by atoms with Gasteiger partial charge in [0.15, 0.2) is 10.8 Å².